The molecule has 0 aliphatic rings. The summed E-state index contributed by atoms with van der Waals surface area (Å²) in [7, 11) is -2.74. The number of rotatable bonds is 9. The lowest BCUT2D eigenvalue weighted by Crippen LogP contribution is -2.38. The summed E-state index contributed by atoms with van der Waals surface area (Å²) < 4.78 is 51.4. The number of carbonyl (C=O) groups excluding carboxylic acids is 2. The predicted molar refractivity (Wildman–Crippen MR) is 130 cm³/mol. The summed E-state index contributed by atoms with van der Waals surface area (Å²) in [6.07, 6.45) is 0. The summed E-state index contributed by atoms with van der Waals surface area (Å²) in [4.78, 5) is 25.1. The fraction of sp³-hybridized carbons (Fsp3) is 0.200. The molecule has 184 valence electrons. The van der Waals surface area contributed by atoms with Crippen molar-refractivity contribution >= 4 is 33.3 Å². The van der Waals surface area contributed by atoms with Gasteiger partial charge in [0.15, 0.2) is 0 Å². The van der Waals surface area contributed by atoms with Gasteiger partial charge in [0.05, 0.1) is 29.9 Å². The number of anilines is 2. The molecule has 0 spiro atoms. The van der Waals surface area contributed by atoms with Crippen LogP contribution in [0.1, 0.15) is 22.8 Å². The van der Waals surface area contributed by atoms with Crippen molar-refractivity contribution in [2.45, 2.75) is 18.7 Å². The van der Waals surface area contributed by atoms with Crippen LogP contribution in [-0.4, -0.2) is 40.6 Å². The van der Waals surface area contributed by atoms with E-state index in [4.69, 9.17) is 9.47 Å². The van der Waals surface area contributed by atoms with Crippen molar-refractivity contribution in [3.63, 3.8) is 0 Å². The normalized spacial score (nSPS) is 11.0. The highest BCUT2D eigenvalue weighted by Crippen LogP contribution is 2.26. The Bertz CT molecular complexity index is 1310. The highest BCUT2D eigenvalue weighted by atomic mass is 32.2. The van der Waals surface area contributed by atoms with E-state index in [0.29, 0.717) is 17.0 Å². The molecule has 10 heteroatoms. The van der Waals surface area contributed by atoms with Gasteiger partial charge in [-0.05, 0) is 80.1 Å². The smallest absolute Gasteiger partial charge is 0.338 e. The molecule has 0 saturated heterocycles. The molecule has 0 heterocycles. The number of ether oxygens (including phenoxy) is 2. The van der Waals surface area contributed by atoms with E-state index in [0.717, 1.165) is 16.4 Å². The zero-order valence-electron chi connectivity index (χ0n) is 19.4. The van der Waals surface area contributed by atoms with Gasteiger partial charge in [-0.2, -0.15) is 0 Å². The highest BCUT2D eigenvalue weighted by molar-refractivity contribution is 7.92. The Balaban J connectivity index is 1.92. The van der Waals surface area contributed by atoms with Crippen LogP contribution >= 0.6 is 0 Å². The molecule has 3 aromatic rings. The van der Waals surface area contributed by atoms with E-state index in [2.05, 4.69) is 5.32 Å². The maximum absolute atomic E-state index is 13.5. The predicted octanol–water partition coefficient (Wildman–Crippen LogP) is 4.15. The van der Waals surface area contributed by atoms with Gasteiger partial charge in [-0.15, -0.1) is 0 Å². The molecule has 0 atom stereocenters. The lowest BCUT2D eigenvalue weighted by molar-refractivity contribution is -0.114. The number of hydrogen-bond acceptors (Lipinski definition) is 6. The molecule has 0 fully saturated rings. The molecule has 1 N–H and O–H groups in total. The van der Waals surface area contributed by atoms with Gasteiger partial charge < -0.3 is 14.8 Å². The van der Waals surface area contributed by atoms with Gasteiger partial charge in [-0.3, -0.25) is 9.10 Å². The number of sulfonamides is 1. The van der Waals surface area contributed by atoms with Gasteiger partial charge in [0.2, 0.25) is 5.91 Å². The van der Waals surface area contributed by atoms with E-state index < -0.39 is 34.3 Å². The molecule has 0 aliphatic carbocycles. The van der Waals surface area contributed by atoms with E-state index in [1.807, 2.05) is 0 Å². The van der Waals surface area contributed by atoms with E-state index in [-0.39, 0.29) is 22.8 Å². The van der Waals surface area contributed by atoms with Gasteiger partial charge in [0.1, 0.15) is 18.1 Å². The molecule has 1 amide bonds. The standard InChI is InChI=1S/C25H25FN2O6S/c1-4-34-25(30)22-6-5-7-23(17(22)2)27-24(29)16-28(19-10-8-18(26)9-11-19)35(31,32)21-14-12-20(33-3)13-15-21/h5-15H,4,16H2,1-3H3,(H,27,29). The molecule has 35 heavy (non-hydrogen) atoms. The Labute approximate surface area is 203 Å². The first-order chi connectivity index (χ1) is 16.7. The number of benzene rings is 3. The topological polar surface area (TPSA) is 102 Å². The number of nitrogens with zero attached hydrogens (tertiary/aromatic N) is 1. The molecule has 8 nitrogen and oxygen atoms in total. The molecule has 0 aromatic heterocycles. The van der Waals surface area contributed by atoms with Gasteiger partial charge in [0, 0.05) is 5.69 Å². The number of halogens is 1. The Morgan fingerprint density at radius 2 is 1.66 bits per heavy atom. The molecule has 3 aromatic carbocycles. The average molecular weight is 501 g/mol. The summed E-state index contributed by atoms with van der Waals surface area (Å²) in [6, 6.07) is 15.2. The second-order valence-electron chi connectivity index (χ2n) is 7.41. The van der Waals surface area contributed by atoms with Crippen LogP contribution < -0.4 is 14.4 Å². The fourth-order valence-corrected chi connectivity index (χ4v) is 4.74. The highest BCUT2D eigenvalue weighted by Gasteiger charge is 2.28. The van der Waals surface area contributed by atoms with Gasteiger partial charge in [0.25, 0.3) is 10.0 Å². The van der Waals surface area contributed by atoms with E-state index in [1.54, 1.807) is 32.0 Å². The summed E-state index contributed by atoms with van der Waals surface area (Å²) in [6.45, 7) is 2.94. The van der Waals surface area contributed by atoms with Crippen molar-refractivity contribution in [1.29, 1.82) is 0 Å². The third-order valence-electron chi connectivity index (χ3n) is 5.15. The maximum atomic E-state index is 13.5. The number of hydrogen-bond donors (Lipinski definition) is 1. The van der Waals surface area contributed by atoms with Crippen molar-refractivity contribution in [1.82, 2.24) is 0 Å². The second-order valence-corrected chi connectivity index (χ2v) is 9.27. The van der Waals surface area contributed by atoms with Crippen LogP contribution in [0.5, 0.6) is 5.75 Å². The number of methoxy groups -OCH3 is 1. The fourth-order valence-electron chi connectivity index (χ4n) is 3.32. The first-order valence-electron chi connectivity index (χ1n) is 10.7. The molecule has 0 aliphatic heterocycles. The molecule has 0 bridgehead atoms. The average Bonchev–Trinajstić information content (AvgIpc) is 2.84. The van der Waals surface area contributed by atoms with E-state index in [1.165, 1.54) is 43.5 Å². The molecule has 3 rings (SSSR count). The van der Waals surface area contributed by atoms with Crippen LogP contribution in [0.2, 0.25) is 0 Å². The number of esters is 1. The van der Waals surface area contributed by atoms with Crippen molar-refractivity contribution in [2.75, 3.05) is 29.9 Å². The Morgan fingerprint density at radius 3 is 2.26 bits per heavy atom. The quantitative estimate of drug-likeness (QED) is 0.443. The van der Waals surface area contributed by atoms with Crippen molar-refractivity contribution in [3.8, 4) is 5.75 Å². The zero-order chi connectivity index (χ0) is 25.6. The second kappa shape index (κ2) is 11.0. The molecule has 0 radical (unpaired) electrons. The zero-order valence-corrected chi connectivity index (χ0v) is 20.3. The van der Waals surface area contributed by atoms with E-state index in [9.17, 15) is 22.4 Å². The lowest BCUT2D eigenvalue weighted by Gasteiger charge is -2.24. The Morgan fingerprint density at radius 1 is 1.00 bits per heavy atom. The largest absolute Gasteiger partial charge is 0.497 e. The SMILES string of the molecule is CCOC(=O)c1cccc(NC(=O)CN(c2ccc(F)cc2)S(=O)(=O)c2ccc(OC)cc2)c1C. The van der Waals surface area contributed by atoms with Gasteiger partial charge in [-0.1, -0.05) is 6.07 Å². The number of carbonyl (C=O) groups is 2. The lowest BCUT2D eigenvalue weighted by atomic mass is 10.1. The molecular formula is C25H25FN2O6S. The number of nitrogens with one attached hydrogen (secondary N) is 1. The monoisotopic (exact) mass is 500 g/mol. The molecular weight excluding hydrogens is 475 g/mol. The summed E-state index contributed by atoms with van der Waals surface area (Å²) in [5.74, 6) is -1.27. The van der Waals surface area contributed by atoms with Crippen LogP contribution in [0, 0.1) is 12.7 Å². The maximum Gasteiger partial charge on any atom is 0.338 e. The molecule has 0 saturated carbocycles. The minimum absolute atomic E-state index is 0.0732. The van der Waals surface area contributed by atoms with Crippen molar-refractivity contribution in [2.24, 2.45) is 0 Å². The summed E-state index contributed by atoms with van der Waals surface area (Å²) in [5.41, 5.74) is 1.20. The van der Waals surface area contributed by atoms with Crippen molar-refractivity contribution in [3.05, 3.63) is 83.7 Å². The summed E-state index contributed by atoms with van der Waals surface area (Å²) >= 11 is 0. The van der Waals surface area contributed by atoms with Crippen LogP contribution in [0.4, 0.5) is 15.8 Å². The van der Waals surface area contributed by atoms with Gasteiger partial charge in [-0.25, -0.2) is 17.6 Å². The van der Waals surface area contributed by atoms with Crippen molar-refractivity contribution < 1.29 is 31.9 Å². The third kappa shape index (κ3) is 5.96. The third-order valence-corrected chi connectivity index (χ3v) is 6.94. The first-order valence-corrected chi connectivity index (χ1v) is 12.1. The summed E-state index contributed by atoms with van der Waals surface area (Å²) in [5, 5.41) is 2.65. The van der Waals surface area contributed by atoms with E-state index >= 15 is 0 Å². The van der Waals surface area contributed by atoms with Crippen LogP contribution in [0.15, 0.2) is 71.6 Å². The molecule has 0 unspecified atom stereocenters. The Kier molecular flexibility index (Phi) is 8.08. The Hall–Kier alpha value is -3.92. The minimum Gasteiger partial charge on any atom is -0.497 e. The van der Waals surface area contributed by atoms with Crippen LogP contribution in [0.25, 0.3) is 0 Å². The van der Waals surface area contributed by atoms with Crippen LogP contribution in [-0.2, 0) is 19.6 Å². The van der Waals surface area contributed by atoms with Gasteiger partial charge >= 0.3 is 5.97 Å². The first kappa shape index (κ1) is 25.7. The minimum atomic E-state index is -4.20. The number of amides is 1. The van der Waals surface area contributed by atoms with Crippen LogP contribution in [0.3, 0.4) is 0 Å².